The molecule has 1 saturated heterocycles. The van der Waals surface area contributed by atoms with E-state index in [2.05, 4.69) is 4.98 Å². The van der Waals surface area contributed by atoms with E-state index >= 15 is 0 Å². The molecule has 8 nitrogen and oxygen atoms in total. The minimum Gasteiger partial charge on any atom is -0.507 e. The second kappa shape index (κ2) is 9.50. The van der Waals surface area contributed by atoms with Crippen LogP contribution in [0, 0.1) is 6.92 Å². The van der Waals surface area contributed by atoms with E-state index in [1.807, 2.05) is 32.0 Å². The van der Waals surface area contributed by atoms with Gasteiger partial charge in [-0.15, -0.1) is 0 Å². The third-order valence-electron chi connectivity index (χ3n) is 6.48. The fourth-order valence-electron chi connectivity index (χ4n) is 4.76. The largest absolute Gasteiger partial charge is 0.507 e. The summed E-state index contributed by atoms with van der Waals surface area (Å²) < 4.78 is 17.8. The van der Waals surface area contributed by atoms with Crippen LogP contribution in [0.3, 0.4) is 0 Å². The lowest BCUT2D eigenvalue weighted by atomic mass is 9.95. The predicted octanol–water partition coefficient (Wildman–Crippen LogP) is 5.40. The molecule has 1 unspecified atom stereocenters. The zero-order valence-corrected chi connectivity index (χ0v) is 21.6. The molecule has 1 N–H and O–H groups in total. The van der Waals surface area contributed by atoms with Gasteiger partial charge in [0, 0.05) is 5.56 Å². The maximum absolute atomic E-state index is 13.5. The number of thiazole rings is 1. The van der Waals surface area contributed by atoms with Crippen LogP contribution < -0.4 is 19.1 Å². The van der Waals surface area contributed by atoms with Crippen LogP contribution in [0.4, 0.5) is 5.13 Å². The summed E-state index contributed by atoms with van der Waals surface area (Å²) in [5, 5.41) is 11.9. The molecule has 1 fully saturated rings. The van der Waals surface area contributed by atoms with Crippen molar-refractivity contribution in [2.75, 3.05) is 24.7 Å². The topological polar surface area (TPSA) is 98.2 Å². The highest BCUT2D eigenvalue weighted by atomic mass is 32.1. The Bertz CT molecular complexity index is 1620. The van der Waals surface area contributed by atoms with Gasteiger partial charge in [0.25, 0.3) is 5.78 Å². The molecular formula is C29H24N2O6S. The van der Waals surface area contributed by atoms with Gasteiger partial charge in [-0.2, -0.15) is 0 Å². The number of aromatic nitrogens is 1. The van der Waals surface area contributed by atoms with Gasteiger partial charge in [-0.1, -0.05) is 29.5 Å². The number of aliphatic hydroxyl groups excluding tert-OH is 1. The van der Waals surface area contributed by atoms with Crippen LogP contribution in [0.1, 0.15) is 29.7 Å². The molecule has 0 radical (unpaired) electrons. The van der Waals surface area contributed by atoms with Crippen LogP contribution in [0.15, 0.2) is 66.2 Å². The minimum atomic E-state index is -0.912. The molecule has 38 heavy (non-hydrogen) atoms. The van der Waals surface area contributed by atoms with Gasteiger partial charge in [-0.3, -0.25) is 14.5 Å². The number of hydrogen-bond acceptors (Lipinski definition) is 8. The minimum absolute atomic E-state index is 0.0317. The molecule has 0 bridgehead atoms. The van der Waals surface area contributed by atoms with Crippen LogP contribution in [0.5, 0.6) is 17.2 Å². The van der Waals surface area contributed by atoms with E-state index in [0.717, 1.165) is 15.8 Å². The number of fused-ring (bicyclic) bond motifs is 2. The standard InChI is InChI=1S/C29H24N2O6S/c1-3-35-19-6-4-5-17(14-19)25-24(26(32)18-8-10-21-22(15-18)37-12-11-36-21)27(33)28(34)31(25)29-30-20-9-7-16(2)13-23(20)38-29/h4-10,13-15,25,32H,3,11-12H2,1-2H3. The molecule has 1 atom stereocenters. The molecule has 9 heteroatoms. The number of anilines is 1. The van der Waals surface area contributed by atoms with Gasteiger partial charge in [0.05, 0.1) is 28.4 Å². The van der Waals surface area contributed by atoms with E-state index in [4.69, 9.17) is 14.2 Å². The van der Waals surface area contributed by atoms with Crippen LogP contribution in [-0.4, -0.2) is 41.6 Å². The molecule has 6 rings (SSSR count). The number of rotatable bonds is 5. The van der Waals surface area contributed by atoms with Gasteiger partial charge >= 0.3 is 5.91 Å². The van der Waals surface area contributed by atoms with E-state index in [1.54, 1.807) is 42.5 Å². The Balaban J connectivity index is 1.54. The van der Waals surface area contributed by atoms with Crippen LogP contribution in [0.25, 0.3) is 16.0 Å². The number of carbonyl (C=O) groups excluding carboxylic acids is 2. The summed E-state index contributed by atoms with van der Waals surface area (Å²) in [4.78, 5) is 33.1. The maximum atomic E-state index is 13.5. The number of ether oxygens (including phenoxy) is 3. The summed E-state index contributed by atoms with van der Waals surface area (Å²) in [7, 11) is 0. The average molecular weight is 529 g/mol. The van der Waals surface area contributed by atoms with Gasteiger partial charge in [0.1, 0.15) is 24.7 Å². The molecule has 1 aromatic heterocycles. The fourth-order valence-corrected chi connectivity index (χ4v) is 5.85. The third-order valence-corrected chi connectivity index (χ3v) is 7.50. The van der Waals surface area contributed by atoms with E-state index < -0.39 is 17.7 Å². The number of aliphatic hydroxyl groups is 1. The number of benzene rings is 3. The lowest BCUT2D eigenvalue weighted by Crippen LogP contribution is -2.29. The molecule has 3 aromatic carbocycles. The van der Waals surface area contributed by atoms with Gasteiger partial charge in [0.2, 0.25) is 0 Å². The third kappa shape index (κ3) is 4.05. The number of aryl methyl sites for hydroxylation is 1. The van der Waals surface area contributed by atoms with Crippen molar-refractivity contribution in [3.8, 4) is 17.2 Å². The molecule has 2 aliphatic rings. The first kappa shape index (κ1) is 24.0. The van der Waals surface area contributed by atoms with Crippen molar-refractivity contribution in [2.45, 2.75) is 19.9 Å². The quantitative estimate of drug-likeness (QED) is 0.210. The maximum Gasteiger partial charge on any atom is 0.301 e. The molecule has 0 aliphatic carbocycles. The van der Waals surface area contributed by atoms with Gasteiger partial charge in [-0.05, 0) is 67.4 Å². The number of amides is 1. The normalized spacial score (nSPS) is 18.3. The highest BCUT2D eigenvalue weighted by Gasteiger charge is 2.48. The zero-order valence-electron chi connectivity index (χ0n) is 20.8. The van der Waals surface area contributed by atoms with Crippen molar-refractivity contribution in [1.29, 1.82) is 0 Å². The molecular weight excluding hydrogens is 504 g/mol. The van der Waals surface area contributed by atoms with Gasteiger partial charge in [0.15, 0.2) is 16.6 Å². The van der Waals surface area contributed by atoms with Crippen LogP contribution in [-0.2, 0) is 9.59 Å². The first-order valence-corrected chi connectivity index (χ1v) is 13.1. The molecule has 1 amide bonds. The summed E-state index contributed by atoms with van der Waals surface area (Å²) in [5.74, 6) is -0.238. The zero-order chi connectivity index (χ0) is 26.4. The highest BCUT2D eigenvalue weighted by molar-refractivity contribution is 7.22. The first-order chi connectivity index (χ1) is 18.4. The van der Waals surface area contributed by atoms with E-state index in [1.165, 1.54) is 16.2 Å². The van der Waals surface area contributed by atoms with Crippen molar-refractivity contribution in [3.05, 3.63) is 82.9 Å². The summed E-state index contributed by atoms with van der Waals surface area (Å²) in [5.41, 5.74) is 2.72. The monoisotopic (exact) mass is 528 g/mol. The Morgan fingerprint density at radius 2 is 1.89 bits per heavy atom. The van der Waals surface area contributed by atoms with Crippen molar-refractivity contribution in [3.63, 3.8) is 0 Å². The Labute approximate surface area is 222 Å². The lowest BCUT2D eigenvalue weighted by molar-refractivity contribution is -0.132. The molecule has 2 aliphatic heterocycles. The number of hydrogen-bond donors (Lipinski definition) is 1. The Morgan fingerprint density at radius 3 is 2.71 bits per heavy atom. The summed E-state index contributed by atoms with van der Waals surface area (Å²) in [6.07, 6.45) is 0. The summed E-state index contributed by atoms with van der Waals surface area (Å²) in [6, 6.07) is 17.1. The number of ketones is 1. The van der Waals surface area contributed by atoms with Crippen LogP contribution >= 0.6 is 11.3 Å². The van der Waals surface area contributed by atoms with Crippen molar-refractivity contribution < 1.29 is 28.9 Å². The summed E-state index contributed by atoms with van der Waals surface area (Å²) >= 11 is 1.33. The Kier molecular flexibility index (Phi) is 6.00. The summed E-state index contributed by atoms with van der Waals surface area (Å²) in [6.45, 7) is 5.13. The van der Waals surface area contributed by atoms with Crippen molar-refractivity contribution in [2.24, 2.45) is 0 Å². The van der Waals surface area contributed by atoms with Crippen molar-refractivity contribution >= 4 is 44.1 Å². The smallest absolute Gasteiger partial charge is 0.301 e. The molecule has 0 saturated carbocycles. The second-order valence-corrected chi connectivity index (χ2v) is 10.0. The number of carbonyl (C=O) groups is 2. The Morgan fingerprint density at radius 1 is 1.08 bits per heavy atom. The molecule has 192 valence electrons. The highest BCUT2D eigenvalue weighted by Crippen LogP contribution is 2.45. The van der Waals surface area contributed by atoms with Crippen LogP contribution in [0.2, 0.25) is 0 Å². The van der Waals surface area contributed by atoms with Gasteiger partial charge < -0.3 is 19.3 Å². The van der Waals surface area contributed by atoms with E-state index in [-0.39, 0.29) is 11.3 Å². The predicted molar refractivity (Wildman–Crippen MR) is 144 cm³/mol. The van der Waals surface area contributed by atoms with E-state index in [9.17, 15) is 14.7 Å². The number of nitrogens with zero attached hydrogens (tertiary/aromatic N) is 2. The second-order valence-electron chi connectivity index (χ2n) is 9.00. The average Bonchev–Trinajstić information content (AvgIpc) is 3.46. The first-order valence-electron chi connectivity index (χ1n) is 12.3. The Hall–Kier alpha value is -4.37. The van der Waals surface area contributed by atoms with E-state index in [0.29, 0.717) is 53.3 Å². The molecule has 4 aromatic rings. The van der Waals surface area contributed by atoms with Crippen molar-refractivity contribution in [1.82, 2.24) is 4.98 Å². The lowest BCUT2D eigenvalue weighted by Gasteiger charge is -2.23. The molecule has 0 spiro atoms. The molecule has 3 heterocycles. The SMILES string of the molecule is CCOc1cccc(C2C(=C(O)c3ccc4c(c3)OCCO4)C(=O)C(=O)N2c2nc3ccc(C)cc3s2)c1. The fraction of sp³-hybridized carbons (Fsp3) is 0.207. The van der Waals surface area contributed by atoms with Gasteiger partial charge in [-0.25, -0.2) is 4.98 Å². The number of Topliss-reactive ketones (excluding diaryl/α,β-unsaturated/α-hetero) is 1.